The third-order valence-corrected chi connectivity index (χ3v) is 3.98. The molecule has 110 valence electrons. The molecule has 0 saturated heterocycles. The number of thioether (sulfide) groups is 1. The molecule has 0 radical (unpaired) electrons. The summed E-state index contributed by atoms with van der Waals surface area (Å²) in [4.78, 5) is 12.1. The largest absolute Gasteiger partial charge is 0.411 e. The van der Waals surface area contributed by atoms with Crippen LogP contribution in [0, 0.1) is 6.92 Å². The molecule has 2 aromatic carbocycles. The lowest BCUT2D eigenvalue weighted by Crippen LogP contribution is -1.92. The zero-order chi connectivity index (χ0) is 15.5. The third kappa shape index (κ3) is 3.37. The van der Waals surface area contributed by atoms with Crippen molar-refractivity contribution in [2.75, 3.05) is 0 Å². The van der Waals surface area contributed by atoms with Gasteiger partial charge in [-0.1, -0.05) is 29.3 Å². The first-order valence-corrected chi connectivity index (χ1v) is 7.69. The summed E-state index contributed by atoms with van der Waals surface area (Å²) in [5, 5.41) is 8.50. The van der Waals surface area contributed by atoms with Gasteiger partial charge in [-0.2, -0.15) is 0 Å². The van der Waals surface area contributed by atoms with E-state index in [1.54, 1.807) is 24.3 Å². The van der Waals surface area contributed by atoms with Crippen molar-refractivity contribution in [2.24, 2.45) is 0 Å². The molecule has 0 atom stereocenters. The summed E-state index contributed by atoms with van der Waals surface area (Å²) in [6.07, 6.45) is 0. The normalized spacial score (nSPS) is 10.6. The number of benzene rings is 2. The van der Waals surface area contributed by atoms with Gasteiger partial charge in [0.2, 0.25) is 11.0 Å². The predicted octanol–water partition coefficient (Wildman–Crippen LogP) is 4.63. The van der Waals surface area contributed by atoms with E-state index in [4.69, 9.17) is 16.0 Å². The SMILES string of the molecule is Cc1ccc(-c2nnc(SC(=O)c3ccc(Cl)cc3)o2)cc1. The molecule has 0 bridgehead atoms. The molecule has 0 aliphatic carbocycles. The molecule has 4 nitrogen and oxygen atoms in total. The van der Waals surface area contributed by atoms with Crippen LogP contribution in [0.15, 0.2) is 58.2 Å². The van der Waals surface area contributed by atoms with Crippen molar-refractivity contribution >= 4 is 28.5 Å². The van der Waals surface area contributed by atoms with E-state index in [1.807, 2.05) is 31.2 Å². The van der Waals surface area contributed by atoms with Crippen LogP contribution in [0.2, 0.25) is 5.02 Å². The van der Waals surface area contributed by atoms with Gasteiger partial charge in [0.15, 0.2) is 0 Å². The predicted molar refractivity (Wildman–Crippen MR) is 86.1 cm³/mol. The van der Waals surface area contributed by atoms with Crippen LogP contribution in [-0.2, 0) is 0 Å². The quantitative estimate of drug-likeness (QED) is 0.655. The molecule has 3 aromatic rings. The van der Waals surface area contributed by atoms with E-state index in [1.165, 1.54) is 0 Å². The van der Waals surface area contributed by atoms with Gasteiger partial charge in [0, 0.05) is 27.9 Å². The maximum atomic E-state index is 12.1. The highest BCUT2D eigenvalue weighted by molar-refractivity contribution is 8.14. The number of hydrogen-bond acceptors (Lipinski definition) is 5. The first-order valence-electron chi connectivity index (χ1n) is 6.50. The molecule has 0 fully saturated rings. The number of carbonyl (C=O) groups excluding carboxylic acids is 1. The Morgan fingerprint density at radius 2 is 1.73 bits per heavy atom. The van der Waals surface area contributed by atoms with Gasteiger partial charge in [0.25, 0.3) is 5.22 Å². The van der Waals surface area contributed by atoms with Gasteiger partial charge in [0.1, 0.15) is 0 Å². The smallest absolute Gasteiger partial charge is 0.284 e. The molecule has 0 aliphatic rings. The highest BCUT2D eigenvalue weighted by Gasteiger charge is 2.14. The lowest BCUT2D eigenvalue weighted by atomic mass is 10.1. The number of aromatic nitrogens is 2. The van der Waals surface area contributed by atoms with E-state index < -0.39 is 0 Å². The van der Waals surface area contributed by atoms with Crippen LogP contribution in [0.4, 0.5) is 0 Å². The van der Waals surface area contributed by atoms with E-state index in [9.17, 15) is 4.79 Å². The zero-order valence-corrected chi connectivity index (χ0v) is 13.2. The molecule has 0 spiro atoms. The van der Waals surface area contributed by atoms with Gasteiger partial charge >= 0.3 is 0 Å². The second-order valence-corrected chi connectivity index (χ2v) is 6.00. The van der Waals surface area contributed by atoms with Gasteiger partial charge in [-0.3, -0.25) is 4.79 Å². The molecule has 0 N–H and O–H groups in total. The van der Waals surface area contributed by atoms with Crippen LogP contribution in [0.3, 0.4) is 0 Å². The lowest BCUT2D eigenvalue weighted by Gasteiger charge is -1.97. The van der Waals surface area contributed by atoms with Crippen LogP contribution in [0.25, 0.3) is 11.5 Å². The Balaban J connectivity index is 1.75. The summed E-state index contributed by atoms with van der Waals surface area (Å²) >= 11 is 6.70. The Morgan fingerprint density at radius 1 is 1.05 bits per heavy atom. The topological polar surface area (TPSA) is 56.0 Å². The lowest BCUT2D eigenvalue weighted by molar-refractivity contribution is 0.108. The van der Waals surface area contributed by atoms with Crippen molar-refractivity contribution < 1.29 is 9.21 Å². The Kier molecular flexibility index (Phi) is 4.27. The van der Waals surface area contributed by atoms with Crippen LogP contribution < -0.4 is 0 Å². The molecular weight excluding hydrogens is 320 g/mol. The van der Waals surface area contributed by atoms with Gasteiger partial charge in [-0.25, -0.2) is 0 Å². The van der Waals surface area contributed by atoms with Crippen LogP contribution in [0.5, 0.6) is 0 Å². The van der Waals surface area contributed by atoms with Crippen molar-refractivity contribution in [3.05, 3.63) is 64.7 Å². The molecule has 0 aliphatic heterocycles. The average Bonchev–Trinajstić information content (AvgIpc) is 2.97. The van der Waals surface area contributed by atoms with E-state index in [0.29, 0.717) is 16.5 Å². The van der Waals surface area contributed by atoms with Crippen molar-refractivity contribution in [1.82, 2.24) is 10.2 Å². The monoisotopic (exact) mass is 330 g/mol. The fraction of sp³-hybridized carbons (Fsp3) is 0.0625. The number of nitrogens with zero attached hydrogens (tertiary/aromatic N) is 2. The Hall–Kier alpha value is -2.11. The number of hydrogen-bond donors (Lipinski definition) is 0. The zero-order valence-electron chi connectivity index (χ0n) is 11.6. The van der Waals surface area contributed by atoms with Crippen LogP contribution in [-0.4, -0.2) is 15.3 Å². The molecule has 1 heterocycles. The molecular formula is C16H11ClN2O2S. The van der Waals surface area contributed by atoms with Crippen LogP contribution in [0.1, 0.15) is 15.9 Å². The number of carbonyl (C=O) groups is 1. The summed E-state index contributed by atoms with van der Waals surface area (Å²) in [7, 11) is 0. The van der Waals surface area contributed by atoms with Crippen molar-refractivity contribution in [3.8, 4) is 11.5 Å². The first-order chi connectivity index (χ1) is 10.6. The standard InChI is InChI=1S/C16H11ClN2O2S/c1-10-2-4-11(5-3-10)14-18-19-16(21-14)22-15(20)12-6-8-13(17)9-7-12/h2-9H,1H3. The average molecular weight is 331 g/mol. The van der Waals surface area contributed by atoms with E-state index in [0.717, 1.165) is 22.9 Å². The Morgan fingerprint density at radius 3 is 2.41 bits per heavy atom. The van der Waals surface area contributed by atoms with Gasteiger partial charge in [-0.05, 0) is 43.3 Å². The summed E-state index contributed by atoms with van der Waals surface area (Å²) < 4.78 is 5.52. The molecule has 0 unspecified atom stereocenters. The highest BCUT2D eigenvalue weighted by atomic mass is 35.5. The number of halogens is 1. The first kappa shape index (κ1) is 14.8. The molecule has 3 rings (SSSR count). The van der Waals surface area contributed by atoms with E-state index >= 15 is 0 Å². The van der Waals surface area contributed by atoms with Crippen molar-refractivity contribution in [3.63, 3.8) is 0 Å². The second kappa shape index (κ2) is 6.34. The van der Waals surface area contributed by atoms with Crippen molar-refractivity contribution in [1.29, 1.82) is 0 Å². The molecule has 0 saturated carbocycles. The number of rotatable bonds is 3. The third-order valence-electron chi connectivity index (χ3n) is 2.96. The summed E-state index contributed by atoms with van der Waals surface area (Å²) in [6, 6.07) is 14.4. The molecule has 6 heteroatoms. The van der Waals surface area contributed by atoms with E-state index in [-0.39, 0.29) is 10.3 Å². The molecule has 22 heavy (non-hydrogen) atoms. The fourth-order valence-electron chi connectivity index (χ4n) is 1.79. The molecule has 0 amide bonds. The van der Waals surface area contributed by atoms with Gasteiger partial charge < -0.3 is 4.42 Å². The minimum atomic E-state index is -0.171. The number of aryl methyl sites for hydroxylation is 1. The van der Waals surface area contributed by atoms with E-state index in [2.05, 4.69) is 10.2 Å². The Bertz CT molecular complexity index is 798. The highest BCUT2D eigenvalue weighted by Crippen LogP contribution is 2.26. The van der Waals surface area contributed by atoms with Gasteiger partial charge in [0.05, 0.1) is 0 Å². The van der Waals surface area contributed by atoms with Gasteiger partial charge in [-0.15, -0.1) is 10.2 Å². The maximum absolute atomic E-state index is 12.1. The minimum Gasteiger partial charge on any atom is -0.411 e. The Labute approximate surface area is 136 Å². The maximum Gasteiger partial charge on any atom is 0.284 e. The minimum absolute atomic E-state index is 0.171. The van der Waals surface area contributed by atoms with Crippen LogP contribution >= 0.6 is 23.4 Å². The second-order valence-electron chi connectivity index (χ2n) is 4.64. The molecule has 1 aromatic heterocycles. The summed E-state index contributed by atoms with van der Waals surface area (Å²) in [5.74, 6) is 0.395. The van der Waals surface area contributed by atoms with Crippen molar-refractivity contribution in [2.45, 2.75) is 12.1 Å². The summed E-state index contributed by atoms with van der Waals surface area (Å²) in [6.45, 7) is 2.00. The summed E-state index contributed by atoms with van der Waals surface area (Å²) in [5.41, 5.74) is 2.50. The fourth-order valence-corrected chi connectivity index (χ4v) is 2.53.